The first kappa shape index (κ1) is 34.2. The zero-order chi connectivity index (χ0) is 37.4. The number of nitrogens with zero attached hydrogens (tertiary/aromatic N) is 1. The van der Waals surface area contributed by atoms with Gasteiger partial charge >= 0.3 is 0 Å². The maximum Gasteiger partial charge on any atom is 0.127 e. The van der Waals surface area contributed by atoms with Gasteiger partial charge in [0.15, 0.2) is 0 Å². The molecule has 2 aliphatic rings. The monoisotopic (exact) mass is 783 g/mol. The van der Waals surface area contributed by atoms with Gasteiger partial charge in [-0.05, 0) is 115 Å². The molecule has 3 heteroatoms. The molecule has 0 bridgehead atoms. The van der Waals surface area contributed by atoms with E-state index in [1.165, 1.54) is 61.2 Å². The van der Waals surface area contributed by atoms with Crippen LogP contribution < -0.4 is 4.74 Å². The molecule has 2 heterocycles. The van der Waals surface area contributed by atoms with E-state index in [9.17, 15) is 0 Å². The van der Waals surface area contributed by atoms with E-state index < -0.39 is 0 Å². The number of benzene rings is 8. The van der Waals surface area contributed by atoms with E-state index in [4.69, 9.17) is 9.73 Å². The van der Waals surface area contributed by atoms with Crippen molar-refractivity contribution < 1.29 is 4.74 Å². The van der Waals surface area contributed by atoms with Gasteiger partial charge in [0, 0.05) is 21.7 Å². The fraction of sp³-hybridized carbons (Fsp3) is 0.0755. The van der Waals surface area contributed by atoms with Gasteiger partial charge in [-0.3, -0.25) is 4.99 Å². The summed E-state index contributed by atoms with van der Waals surface area (Å²) in [5.74, 6) is 1.18. The van der Waals surface area contributed by atoms with Crippen LogP contribution in [0.15, 0.2) is 198 Å². The molecular weight excluding hydrogens is 746 g/mol. The summed E-state index contributed by atoms with van der Waals surface area (Å²) in [7, 11) is 0. The topological polar surface area (TPSA) is 21.6 Å². The molecule has 2 aliphatic heterocycles. The summed E-state index contributed by atoms with van der Waals surface area (Å²) < 4.78 is 7.58. The minimum atomic E-state index is 0.290. The maximum atomic E-state index is 6.54. The Labute approximate surface area is 337 Å². The Hall–Kier alpha value is -6.29. The van der Waals surface area contributed by atoms with Crippen LogP contribution >= 0.6 is 15.9 Å². The number of fused-ring (bicyclic) bond motifs is 8. The van der Waals surface area contributed by atoms with Crippen molar-refractivity contribution in [3.63, 3.8) is 0 Å². The van der Waals surface area contributed by atoms with Crippen LogP contribution in [0.2, 0.25) is 0 Å². The van der Waals surface area contributed by atoms with E-state index in [-0.39, 0.29) is 0 Å². The van der Waals surface area contributed by atoms with Gasteiger partial charge in [-0.15, -0.1) is 0 Å². The second-order valence-electron chi connectivity index (χ2n) is 14.7. The van der Waals surface area contributed by atoms with E-state index in [0.29, 0.717) is 12.5 Å². The minimum Gasteiger partial charge on any atom is -0.488 e. The number of aliphatic imine (C=N–C) groups is 1. The van der Waals surface area contributed by atoms with Crippen molar-refractivity contribution >= 4 is 27.3 Å². The number of hydrogen-bond acceptors (Lipinski definition) is 2. The van der Waals surface area contributed by atoms with E-state index >= 15 is 0 Å². The predicted octanol–water partition coefficient (Wildman–Crippen LogP) is 14.7. The van der Waals surface area contributed by atoms with Crippen molar-refractivity contribution in [2.75, 3.05) is 0 Å². The third-order valence-electron chi connectivity index (χ3n) is 11.4. The van der Waals surface area contributed by atoms with Crippen LogP contribution in [0.5, 0.6) is 5.75 Å². The Morgan fingerprint density at radius 3 is 1.88 bits per heavy atom. The van der Waals surface area contributed by atoms with Gasteiger partial charge in [0.25, 0.3) is 0 Å². The van der Waals surface area contributed by atoms with E-state index in [2.05, 4.69) is 198 Å². The molecule has 0 fully saturated rings. The van der Waals surface area contributed by atoms with Gasteiger partial charge in [0.2, 0.25) is 0 Å². The standard InChI is InChI=1S/C53H38BrNO/c54-42-27-29-46-45-28-26-40(32-49(45)43-13-5-4-12-41(43)34-56-53-17-9-7-15-48(53)50(46)33-42)37-20-18-35(19-21-37)36-22-24-38(25-23-36)44-30-31-51(39-10-2-1-3-11-39)55-52-16-8-6-14-47(44)52/h1-29,32-33,44H,30-31,34H2. The van der Waals surface area contributed by atoms with Crippen LogP contribution in [0.3, 0.4) is 0 Å². The molecule has 8 aromatic rings. The van der Waals surface area contributed by atoms with Crippen molar-refractivity contribution in [2.45, 2.75) is 25.4 Å². The molecule has 8 aromatic carbocycles. The van der Waals surface area contributed by atoms with Crippen LogP contribution in [0.1, 0.15) is 41.0 Å². The molecule has 10 rings (SSSR count). The number of ether oxygens (including phenoxy) is 1. The molecule has 1 atom stereocenters. The van der Waals surface area contributed by atoms with Crippen LogP contribution in [-0.4, -0.2) is 5.71 Å². The summed E-state index contributed by atoms with van der Waals surface area (Å²) in [6.45, 7) is 0.490. The third-order valence-corrected chi connectivity index (χ3v) is 11.9. The largest absolute Gasteiger partial charge is 0.488 e. The first-order valence-corrected chi connectivity index (χ1v) is 20.1. The summed E-state index contributed by atoms with van der Waals surface area (Å²) in [5.41, 5.74) is 19.0. The summed E-state index contributed by atoms with van der Waals surface area (Å²) in [4.78, 5) is 5.17. The normalized spacial score (nSPS) is 14.4. The molecule has 2 nitrogen and oxygen atoms in total. The van der Waals surface area contributed by atoms with Gasteiger partial charge in [0.05, 0.1) is 5.69 Å². The molecule has 0 N–H and O–H groups in total. The smallest absolute Gasteiger partial charge is 0.127 e. The number of rotatable bonds is 4. The van der Waals surface area contributed by atoms with Gasteiger partial charge in [0.1, 0.15) is 12.4 Å². The maximum absolute atomic E-state index is 6.54. The Morgan fingerprint density at radius 2 is 1.07 bits per heavy atom. The van der Waals surface area contributed by atoms with Gasteiger partial charge in [-0.2, -0.15) is 0 Å². The quantitative estimate of drug-likeness (QED) is 0.174. The molecule has 56 heavy (non-hydrogen) atoms. The second kappa shape index (κ2) is 14.7. The zero-order valence-electron chi connectivity index (χ0n) is 30.8. The first-order valence-electron chi connectivity index (χ1n) is 19.3. The Morgan fingerprint density at radius 1 is 0.464 bits per heavy atom. The van der Waals surface area contributed by atoms with E-state index in [1.54, 1.807) is 0 Å². The van der Waals surface area contributed by atoms with Crippen LogP contribution in [0.4, 0.5) is 5.69 Å². The highest BCUT2D eigenvalue weighted by Gasteiger charge is 2.23. The highest BCUT2D eigenvalue weighted by atomic mass is 79.9. The minimum absolute atomic E-state index is 0.290. The summed E-state index contributed by atoms with van der Waals surface area (Å²) in [6, 6.07) is 67.9. The lowest BCUT2D eigenvalue weighted by molar-refractivity contribution is 0.308. The van der Waals surface area contributed by atoms with Gasteiger partial charge in [-0.25, -0.2) is 0 Å². The van der Waals surface area contributed by atoms with Crippen molar-refractivity contribution in [3.05, 3.63) is 215 Å². The Balaban J connectivity index is 0.969. The molecule has 0 aromatic heterocycles. The molecule has 0 radical (unpaired) electrons. The number of hydrogen-bond donors (Lipinski definition) is 0. The molecule has 0 amide bonds. The Bertz CT molecular complexity index is 2750. The molecule has 0 aliphatic carbocycles. The van der Waals surface area contributed by atoms with Crippen LogP contribution in [-0.2, 0) is 6.61 Å². The number of para-hydroxylation sites is 2. The van der Waals surface area contributed by atoms with Crippen molar-refractivity contribution in [1.82, 2.24) is 0 Å². The molecule has 1 unspecified atom stereocenters. The third kappa shape index (κ3) is 6.48. The van der Waals surface area contributed by atoms with Crippen molar-refractivity contribution in [3.8, 4) is 61.4 Å². The van der Waals surface area contributed by atoms with E-state index in [1.807, 2.05) is 6.07 Å². The lowest BCUT2D eigenvalue weighted by atomic mass is 9.85. The van der Waals surface area contributed by atoms with Crippen LogP contribution in [0, 0.1) is 0 Å². The average Bonchev–Trinajstić information content (AvgIpc) is 3.46. The molecule has 0 spiro atoms. The molecule has 0 saturated heterocycles. The first-order chi connectivity index (χ1) is 27.7. The summed E-state index contributed by atoms with van der Waals surface area (Å²) in [6.07, 6.45) is 1.96. The highest BCUT2D eigenvalue weighted by molar-refractivity contribution is 9.10. The van der Waals surface area contributed by atoms with E-state index in [0.717, 1.165) is 51.2 Å². The highest BCUT2D eigenvalue weighted by Crippen LogP contribution is 2.46. The zero-order valence-corrected chi connectivity index (χ0v) is 32.4. The average molecular weight is 785 g/mol. The lowest BCUT2D eigenvalue weighted by Crippen LogP contribution is -2.03. The van der Waals surface area contributed by atoms with Crippen LogP contribution in [0.25, 0.3) is 55.6 Å². The van der Waals surface area contributed by atoms with Gasteiger partial charge in [-0.1, -0.05) is 174 Å². The Kier molecular flexibility index (Phi) is 9.01. The predicted molar refractivity (Wildman–Crippen MR) is 236 cm³/mol. The molecular formula is C53H38BrNO. The molecule has 0 saturated carbocycles. The number of halogens is 1. The van der Waals surface area contributed by atoms with Crippen molar-refractivity contribution in [2.24, 2.45) is 4.99 Å². The van der Waals surface area contributed by atoms with Crippen molar-refractivity contribution in [1.29, 1.82) is 0 Å². The SMILES string of the molecule is Brc1ccc2c(c1)-c1ccccc1OCc1ccccc1-c1cc(-c3ccc(-c4ccc(C5CCC(c6ccccc6)=Nc6ccccc65)cc4)cc3)ccc1-2. The lowest BCUT2D eigenvalue weighted by Gasteiger charge is -2.22. The second-order valence-corrected chi connectivity index (χ2v) is 15.6. The summed E-state index contributed by atoms with van der Waals surface area (Å²) in [5, 5.41) is 0. The fourth-order valence-corrected chi connectivity index (χ4v) is 8.87. The summed E-state index contributed by atoms with van der Waals surface area (Å²) >= 11 is 3.75. The fourth-order valence-electron chi connectivity index (χ4n) is 8.51. The molecule has 268 valence electrons. The van der Waals surface area contributed by atoms with Gasteiger partial charge < -0.3 is 4.74 Å².